The van der Waals surface area contributed by atoms with E-state index < -0.39 is 0 Å². The fourth-order valence-corrected chi connectivity index (χ4v) is 2.75. The van der Waals surface area contributed by atoms with Gasteiger partial charge in [0.2, 0.25) is 0 Å². The van der Waals surface area contributed by atoms with Gasteiger partial charge in [-0.1, -0.05) is 17.4 Å². The lowest BCUT2D eigenvalue weighted by molar-refractivity contribution is -0.891. The van der Waals surface area contributed by atoms with Gasteiger partial charge in [0, 0.05) is 18.6 Å². The van der Waals surface area contributed by atoms with Gasteiger partial charge in [-0.25, -0.2) is 0 Å². The molecule has 2 heterocycles. The smallest absolute Gasteiger partial charge is 0.111 e. The minimum Gasteiger partial charge on any atom is -0.323 e. The van der Waals surface area contributed by atoms with Crippen LogP contribution in [0.4, 0.5) is 0 Å². The van der Waals surface area contributed by atoms with Crippen LogP contribution in [-0.4, -0.2) is 52.3 Å². The van der Waals surface area contributed by atoms with Crippen LogP contribution in [0.2, 0.25) is 0 Å². The van der Waals surface area contributed by atoms with Crippen LogP contribution in [-0.2, 0) is 0 Å². The molecule has 5 heteroatoms. The summed E-state index contributed by atoms with van der Waals surface area (Å²) in [5.41, 5.74) is 0. The molecule has 1 N–H and O–H groups in total. The molecule has 2 rings (SSSR count). The van der Waals surface area contributed by atoms with Crippen molar-refractivity contribution >= 4 is 11.8 Å². The van der Waals surface area contributed by atoms with Crippen molar-refractivity contribution in [2.45, 2.75) is 17.9 Å². The number of H-pyrrole nitrogens is 1. The zero-order chi connectivity index (χ0) is 12.7. The van der Waals surface area contributed by atoms with Crippen molar-refractivity contribution in [2.75, 3.05) is 32.4 Å². The van der Waals surface area contributed by atoms with Crippen molar-refractivity contribution in [3.05, 3.63) is 30.5 Å². The van der Waals surface area contributed by atoms with Crippen molar-refractivity contribution in [2.24, 2.45) is 0 Å². The molecule has 1 fully saturated rings. The van der Waals surface area contributed by atoms with Crippen LogP contribution in [0.5, 0.6) is 0 Å². The number of rotatable bonds is 6. The summed E-state index contributed by atoms with van der Waals surface area (Å²) in [6, 6.07) is 0. The second-order valence-corrected chi connectivity index (χ2v) is 5.92. The first-order chi connectivity index (χ1) is 8.79. The first-order valence-electron chi connectivity index (χ1n) is 6.34. The van der Waals surface area contributed by atoms with Gasteiger partial charge in [0.1, 0.15) is 5.03 Å². The van der Waals surface area contributed by atoms with E-state index in [0.29, 0.717) is 0 Å². The summed E-state index contributed by atoms with van der Waals surface area (Å²) in [5.74, 6) is 0.889. The summed E-state index contributed by atoms with van der Waals surface area (Å²) in [6.45, 7) is 3.76. The average Bonchev–Trinajstić information content (AvgIpc) is 3.00. The Hall–Kier alpha value is -1.07. The molecule has 0 aromatic carbocycles. The van der Waals surface area contributed by atoms with Crippen LogP contribution < -0.4 is 0 Å². The van der Waals surface area contributed by atoms with Gasteiger partial charge in [-0.05, 0) is 12.2 Å². The summed E-state index contributed by atoms with van der Waals surface area (Å²) in [5, 5.41) is 11.2. The summed E-state index contributed by atoms with van der Waals surface area (Å²) in [7, 11) is 2.34. The molecule has 0 saturated carbocycles. The third-order valence-electron chi connectivity index (χ3n) is 3.24. The van der Waals surface area contributed by atoms with Gasteiger partial charge in [-0.3, -0.25) is 5.10 Å². The predicted molar refractivity (Wildman–Crippen MR) is 74.1 cm³/mol. The maximum Gasteiger partial charge on any atom is 0.111 e. The molecule has 0 spiro atoms. The quantitative estimate of drug-likeness (QED) is 0.486. The van der Waals surface area contributed by atoms with Crippen LogP contribution in [0, 0.1) is 6.08 Å². The standard InChI is InChI=1S/C13H20N4S/c1-17(9-5-6-10-17)8-4-2-3-7-11-18-13-12-14-16-15-13/h2,4,7,12H,5-6,8-11H2,1H3,(H,14,15,16)/q+1. The van der Waals surface area contributed by atoms with E-state index in [0.717, 1.165) is 17.3 Å². The fraction of sp³-hybridized carbons (Fsp3) is 0.538. The average molecular weight is 264 g/mol. The molecule has 0 aliphatic carbocycles. The Bertz CT molecular complexity index is 391. The highest BCUT2D eigenvalue weighted by Gasteiger charge is 2.24. The molecule has 1 aromatic heterocycles. The van der Waals surface area contributed by atoms with Gasteiger partial charge >= 0.3 is 0 Å². The monoisotopic (exact) mass is 264 g/mol. The molecule has 1 saturated heterocycles. The third-order valence-corrected chi connectivity index (χ3v) is 4.08. The minimum absolute atomic E-state index is 0.889. The van der Waals surface area contributed by atoms with Crippen molar-refractivity contribution in [3.8, 4) is 0 Å². The van der Waals surface area contributed by atoms with E-state index in [1.165, 1.54) is 30.4 Å². The number of likely N-dealkylation sites (N-methyl/N-ethyl adjacent to an activating group) is 1. The Morgan fingerprint density at radius 2 is 2.33 bits per heavy atom. The topological polar surface area (TPSA) is 41.6 Å². The van der Waals surface area contributed by atoms with Crippen LogP contribution in [0.15, 0.2) is 29.5 Å². The summed E-state index contributed by atoms with van der Waals surface area (Å²) < 4.78 is 1.19. The number of aromatic amines is 1. The van der Waals surface area contributed by atoms with Gasteiger partial charge in [0.05, 0.1) is 32.9 Å². The Labute approximate surface area is 113 Å². The predicted octanol–water partition coefficient (Wildman–Crippen LogP) is 2.05. The van der Waals surface area contributed by atoms with E-state index in [9.17, 15) is 0 Å². The van der Waals surface area contributed by atoms with Crippen molar-refractivity contribution < 1.29 is 4.48 Å². The molecule has 1 aliphatic rings. The third kappa shape index (κ3) is 4.31. The Morgan fingerprint density at radius 3 is 3.06 bits per heavy atom. The molecule has 1 aliphatic heterocycles. The van der Waals surface area contributed by atoms with Gasteiger partial charge in [0.15, 0.2) is 0 Å². The summed E-state index contributed by atoms with van der Waals surface area (Å²) in [4.78, 5) is 0. The molecule has 0 amide bonds. The number of aromatic nitrogens is 3. The highest BCUT2D eigenvalue weighted by Crippen LogP contribution is 2.15. The van der Waals surface area contributed by atoms with E-state index in [1.54, 1.807) is 18.0 Å². The number of allylic oxidation sites excluding steroid dienone is 2. The molecular formula is C13H20N4S+. The lowest BCUT2D eigenvalue weighted by atomic mass is 10.4. The first kappa shape index (κ1) is 13.4. The van der Waals surface area contributed by atoms with E-state index in [1.807, 2.05) is 12.2 Å². The van der Waals surface area contributed by atoms with Gasteiger partial charge in [-0.2, -0.15) is 0 Å². The molecule has 0 unspecified atom stereocenters. The number of nitrogens with zero attached hydrogens (tertiary/aromatic N) is 3. The highest BCUT2D eigenvalue weighted by molar-refractivity contribution is 7.99. The van der Waals surface area contributed by atoms with Crippen LogP contribution >= 0.6 is 11.8 Å². The minimum atomic E-state index is 0.889. The molecule has 97 valence electrons. The Balaban J connectivity index is 1.62. The van der Waals surface area contributed by atoms with Crippen molar-refractivity contribution in [1.29, 1.82) is 0 Å². The van der Waals surface area contributed by atoms with Crippen LogP contribution in [0.3, 0.4) is 0 Å². The van der Waals surface area contributed by atoms with Gasteiger partial charge < -0.3 is 4.48 Å². The fourth-order valence-electron chi connectivity index (χ4n) is 2.16. The first-order valence-corrected chi connectivity index (χ1v) is 7.32. The van der Waals surface area contributed by atoms with Gasteiger partial charge in [-0.15, -0.1) is 16.9 Å². The number of thioether (sulfide) groups is 1. The lowest BCUT2D eigenvalue weighted by Crippen LogP contribution is -2.40. The van der Waals surface area contributed by atoms with Crippen LogP contribution in [0.1, 0.15) is 12.8 Å². The zero-order valence-corrected chi connectivity index (χ0v) is 11.6. The molecule has 18 heavy (non-hydrogen) atoms. The second kappa shape index (κ2) is 6.75. The van der Waals surface area contributed by atoms with E-state index in [2.05, 4.69) is 34.6 Å². The van der Waals surface area contributed by atoms with Crippen molar-refractivity contribution in [1.82, 2.24) is 15.4 Å². The second-order valence-electron chi connectivity index (χ2n) is 4.86. The zero-order valence-electron chi connectivity index (χ0n) is 10.8. The number of hydrogen-bond donors (Lipinski definition) is 1. The molecular weight excluding hydrogens is 244 g/mol. The Kier molecular flexibility index (Phi) is 5.01. The number of nitrogens with one attached hydrogen (secondary N) is 1. The molecule has 4 nitrogen and oxygen atoms in total. The maximum absolute atomic E-state index is 3.73. The SMILES string of the molecule is C[N+]1(CC=C/[C]=C/CSc2cnn[nH]2)CCCC1. The lowest BCUT2D eigenvalue weighted by Gasteiger charge is -2.27. The van der Waals surface area contributed by atoms with Crippen molar-refractivity contribution in [3.63, 3.8) is 0 Å². The molecule has 0 atom stereocenters. The number of hydrogen-bond acceptors (Lipinski definition) is 3. The molecule has 1 aromatic rings. The molecule has 0 bridgehead atoms. The van der Waals surface area contributed by atoms with E-state index in [4.69, 9.17) is 0 Å². The van der Waals surface area contributed by atoms with Gasteiger partial charge in [0.25, 0.3) is 0 Å². The van der Waals surface area contributed by atoms with E-state index in [-0.39, 0.29) is 0 Å². The number of quaternary nitrogens is 1. The normalized spacial score (nSPS) is 19.2. The Morgan fingerprint density at radius 1 is 1.50 bits per heavy atom. The van der Waals surface area contributed by atoms with Crippen LogP contribution in [0.25, 0.3) is 0 Å². The largest absolute Gasteiger partial charge is 0.323 e. The highest BCUT2D eigenvalue weighted by atomic mass is 32.2. The molecule has 1 radical (unpaired) electrons. The number of likely N-dealkylation sites (tertiary alicyclic amines) is 1. The maximum atomic E-state index is 3.73. The van der Waals surface area contributed by atoms with E-state index >= 15 is 0 Å². The summed E-state index contributed by atoms with van der Waals surface area (Å²) >= 11 is 1.67. The summed E-state index contributed by atoms with van der Waals surface area (Å²) in [6.07, 6.45) is 14.0.